The number of hydrogen-bond donors (Lipinski definition) is 2. The van der Waals surface area contributed by atoms with E-state index in [0.717, 1.165) is 25.2 Å². The Morgan fingerprint density at radius 2 is 2.24 bits per heavy atom. The van der Waals surface area contributed by atoms with E-state index in [1.54, 1.807) is 19.9 Å². The van der Waals surface area contributed by atoms with Crippen molar-refractivity contribution in [2.24, 2.45) is 5.92 Å². The first-order valence-electron chi connectivity index (χ1n) is 9.56. The van der Waals surface area contributed by atoms with Crippen LogP contribution in [0, 0.1) is 17.2 Å². The first-order valence-corrected chi connectivity index (χ1v) is 11.1. The summed E-state index contributed by atoms with van der Waals surface area (Å²) in [6, 6.07) is 7.31. The van der Waals surface area contributed by atoms with Gasteiger partial charge in [0, 0.05) is 25.0 Å². The van der Waals surface area contributed by atoms with Gasteiger partial charge in [-0.2, -0.15) is 10.5 Å². The molecule has 10 heteroatoms. The van der Waals surface area contributed by atoms with Gasteiger partial charge in [-0.25, -0.2) is 8.42 Å². The lowest BCUT2D eigenvalue weighted by Gasteiger charge is -2.33. The second kappa shape index (κ2) is 8.61. The largest absolute Gasteiger partial charge is 0.371 e. The van der Waals surface area contributed by atoms with Gasteiger partial charge in [0.2, 0.25) is 5.82 Å². The highest BCUT2D eigenvalue weighted by Crippen LogP contribution is 2.32. The average Bonchev–Trinajstić information content (AvgIpc) is 3.23. The maximum atomic E-state index is 12.9. The molecule has 1 aliphatic heterocycles. The van der Waals surface area contributed by atoms with Crippen LogP contribution in [0.1, 0.15) is 39.4 Å². The number of allylic oxidation sites excluding steroid dienone is 1. The van der Waals surface area contributed by atoms with E-state index in [9.17, 15) is 13.7 Å². The van der Waals surface area contributed by atoms with Gasteiger partial charge in [0.15, 0.2) is 9.84 Å². The number of nitriles is 1. The summed E-state index contributed by atoms with van der Waals surface area (Å²) in [6.07, 6.45) is 3.70. The van der Waals surface area contributed by atoms with Crippen molar-refractivity contribution in [1.29, 1.82) is 5.26 Å². The van der Waals surface area contributed by atoms with Gasteiger partial charge in [0.25, 0.3) is 0 Å². The van der Waals surface area contributed by atoms with E-state index in [1.807, 2.05) is 18.2 Å². The molecule has 0 bridgehead atoms. The summed E-state index contributed by atoms with van der Waals surface area (Å²) in [4.78, 5) is 2.46. The van der Waals surface area contributed by atoms with Crippen molar-refractivity contribution in [3.63, 3.8) is 0 Å². The summed E-state index contributed by atoms with van der Waals surface area (Å²) in [5.74, 6) is 0.719. The summed E-state index contributed by atoms with van der Waals surface area (Å²) in [5, 5.41) is 25.1. The molecule has 29 heavy (non-hydrogen) atoms. The van der Waals surface area contributed by atoms with Crippen LogP contribution in [0.4, 0.5) is 11.4 Å². The van der Waals surface area contributed by atoms with E-state index in [0.29, 0.717) is 11.6 Å². The highest BCUT2D eigenvalue weighted by molar-refractivity contribution is 7.92. The smallest absolute Gasteiger partial charge is 0.216 e. The minimum Gasteiger partial charge on any atom is -0.371 e. The first-order chi connectivity index (χ1) is 13.8. The minimum absolute atomic E-state index is 0.134. The number of piperidine rings is 1. The molecule has 1 aromatic heterocycles. The van der Waals surface area contributed by atoms with Crippen molar-refractivity contribution < 1.29 is 8.42 Å². The molecule has 3 rings (SSSR count). The molecule has 0 aliphatic carbocycles. The topological polar surface area (TPSA) is 128 Å². The van der Waals surface area contributed by atoms with Gasteiger partial charge in [-0.1, -0.05) is 6.92 Å². The van der Waals surface area contributed by atoms with Crippen molar-refractivity contribution in [3.05, 3.63) is 30.2 Å². The van der Waals surface area contributed by atoms with Crippen LogP contribution in [-0.2, 0) is 9.84 Å². The van der Waals surface area contributed by atoms with Gasteiger partial charge in [-0.15, -0.1) is 10.2 Å². The number of sulfone groups is 1. The van der Waals surface area contributed by atoms with E-state index < -0.39 is 15.1 Å². The fraction of sp³-hybridized carbons (Fsp3) is 0.474. The number of H-pyrrole nitrogens is 1. The number of aromatic amines is 1. The van der Waals surface area contributed by atoms with Gasteiger partial charge in [-0.3, -0.25) is 0 Å². The molecule has 1 unspecified atom stereocenters. The Kier molecular flexibility index (Phi) is 6.17. The van der Waals surface area contributed by atoms with Crippen LogP contribution in [-0.4, -0.2) is 47.4 Å². The van der Waals surface area contributed by atoms with Gasteiger partial charge in [-0.05, 0) is 56.0 Å². The van der Waals surface area contributed by atoms with E-state index >= 15 is 0 Å². The zero-order chi connectivity index (χ0) is 21.0. The Bertz CT molecular complexity index is 1020. The van der Waals surface area contributed by atoms with Crippen LogP contribution in [0.2, 0.25) is 0 Å². The maximum Gasteiger partial charge on any atom is 0.216 e. The Morgan fingerprint density at radius 1 is 1.45 bits per heavy atom. The zero-order valence-corrected chi connectivity index (χ0v) is 17.6. The third-order valence-corrected chi connectivity index (χ3v) is 7.20. The molecule has 1 aromatic carbocycles. The van der Waals surface area contributed by atoms with E-state index in [4.69, 9.17) is 0 Å². The number of nitrogens with zero attached hydrogens (tertiary/aromatic N) is 5. The van der Waals surface area contributed by atoms with Crippen molar-refractivity contribution >= 4 is 26.8 Å². The monoisotopic (exact) mass is 415 g/mol. The van der Waals surface area contributed by atoms with E-state index in [1.165, 1.54) is 12.6 Å². The molecular formula is C19H25N7O2S. The maximum absolute atomic E-state index is 12.9. The van der Waals surface area contributed by atoms with Crippen molar-refractivity contribution in [2.75, 3.05) is 23.3 Å². The molecule has 2 heterocycles. The van der Waals surface area contributed by atoms with Crippen molar-refractivity contribution in [2.45, 2.75) is 43.8 Å². The van der Waals surface area contributed by atoms with Crippen molar-refractivity contribution in [1.82, 2.24) is 20.6 Å². The van der Waals surface area contributed by atoms with Gasteiger partial charge < -0.3 is 10.2 Å². The van der Waals surface area contributed by atoms with Crippen molar-refractivity contribution in [3.8, 4) is 6.07 Å². The summed E-state index contributed by atoms with van der Waals surface area (Å²) < 4.78 is 25.7. The molecule has 0 amide bonds. The predicted octanol–water partition coefficient (Wildman–Crippen LogP) is 2.59. The fourth-order valence-corrected chi connectivity index (χ4v) is 4.52. The van der Waals surface area contributed by atoms with Gasteiger partial charge in [0.05, 0.1) is 15.8 Å². The molecule has 154 valence electrons. The summed E-state index contributed by atoms with van der Waals surface area (Å²) >= 11 is 0. The summed E-state index contributed by atoms with van der Waals surface area (Å²) in [6.45, 7) is 7.38. The second-order valence-electron chi connectivity index (χ2n) is 7.52. The quantitative estimate of drug-likeness (QED) is 0.689. The third kappa shape index (κ3) is 4.56. The molecule has 1 fully saturated rings. The lowest BCUT2D eigenvalue weighted by molar-refractivity contribution is 0.447. The Hall–Kier alpha value is -2.93. The Balaban J connectivity index is 2.01. The lowest BCUT2D eigenvalue weighted by atomic mass is 10.00. The predicted molar refractivity (Wildman–Crippen MR) is 111 cm³/mol. The number of anilines is 2. The number of nitrogens with one attached hydrogen (secondary N) is 2. The fourth-order valence-electron chi connectivity index (χ4n) is 3.33. The Labute approximate surface area is 170 Å². The molecule has 0 saturated carbocycles. The number of hydrogen-bond acceptors (Lipinski definition) is 8. The molecule has 2 aromatic rings. The molecule has 1 saturated heterocycles. The van der Waals surface area contributed by atoms with Crippen LogP contribution < -0.4 is 10.2 Å². The number of tetrazole rings is 1. The molecule has 9 nitrogen and oxygen atoms in total. The standard InChI is InChI=1S/C19H25N7O2S/c1-13(2)29(27,28)18-7-6-16(26-8-4-5-14(3)12-26)9-17(18)21-11-15(10-20)19-22-24-25-23-19/h6-7,9,11,13-14,21H,4-5,8,12H2,1-3H3,(H,22,23,24,25). The van der Waals surface area contributed by atoms with E-state index in [-0.39, 0.29) is 16.3 Å². The molecule has 2 N–H and O–H groups in total. The third-order valence-electron chi connectivity index (χ3n) is 4.99. The van der Waals surface area contributed by atoms with Gasteiger partial charge >= 0.3 is 0 Å². The highest BCUT2D eigenvalue weighted by atomic mass is 32.2. The Morgan fingerprint density at radius 3 is 2.86 bits per heavy atom. The normalized spacial score (nSPS) is 18.0. The molecule has 0 spiro atoms. The molecular weight excluding hydrogens is 390 g/mol. The van der Waals surface area contributed by atoms with E-state index in [2.05, 4.69) is 37.8 Å². The summed E-state index contributed by atoms with van der Waals surface area (Å²) in [7, 11) is -3.52. The second-order valence-corrected chi connectivity index (χ2v) is 9.99. The molecule has 1 atom stereocenters. The van der Waals surface area contributed by atoms with Crippen LogP contribution >= 0.6 is 0 Å². The highest BCUT2D eigenvalue weighted by Gasteiger charge is 2.24. The van der Waals surface area contributed by atoms with Crippen LogP contribution in [0.15, 0.2) is 29.3 Å². The number of benzene rings is 1. The van der Waals surface area contributed by atoms with Crippen LogP contribution in [0.5, 0.6) is 0 Å². The van der Waals surface area contributed by atoms with Crippen LogP contribution in [0.3, 0.4) is 0 Å². The average molecular weight is 416 g/mol. The van der Waals surface area contributed by atoms with Crippen LogP contribution in [0.25, 0.3) is 5.57 Å². The molecule has 0 radical (unpaired) electrons. The first kappa shape index (κ1) is 20.8. The zero-order valence-electron chi connectivity index (χ0n) is 16.8. The number of aromatic nitrogens is 4. The number of rotatable bonds is 6. The SMILES string of the molecule is CC1CCCN(c2ccc(S(=O)(=O)C(C)C)c(NC=C(C#N)c3nn[nH]n3)c2)C1. The minimum atomic E-state index is -3.52. The lowest BCUT2D eigenvalue weighted by Crippen LogP contribution is -2.34. The molecule has 1 aliphatic rings. The summed E-state index contributed by atoms with van der Waals surface area (Å²) in [5.41, 5.74) is 1.52. The van der Waals surface area contributed by atoms with Gasteiger partial charge in [0.1, 0.15) is 11.6 Å².